The van der Waals surface area contributed by atoms with E-state index < -0.39 is 0 Å². The number of aromatic amines is 1. The second-order valence-corrected chi connectivity index (χ2v) is 9.36. The van der Waals surface area contributed by atoms with Gasteiger partial charge >= 0.3 is 0 Å². The van der Waals surface area contributed by atoms with E-state index in [1.54, 1.807) is 23.2 Å². The van der Waals surface area contributed by atoms with Crippen molar-refractivity contribution in [3.8, 4) is 0 Å². The van der Waals surface area contributed by atoms with Gasteiger partial charge in [0.25, 0.3) is 5.91 Å². The smallest absolute Gasteiger partial charge is 0.258 e. The third kappa shape index (κ3) is 6.85. The third-order valence-electron chi connectivity index (χ3n) is 6.68. The Morgan fingerprint density at radius 2 is 1.66 bits per heavy atom. The number of hydrogen-bond donors (Lipinski definition) is 1. The molecule has 5 rings (SSSR count). The van der Waals surface area contributed by atoms with Crippen molar-refractivity contribution in [1.82, 2.24) is 19.8 Å². The number of fused-ring (bicyclic) bond motifs is 1. The van der Waals surface area contributed by atoms with E-state index in [1.165, 1.54) is 5.56 Å². The Morgan fingerprint density at radius 1 is 0.947 bits per heavy atom. The van der Waals surface area contributed by atoms with Gasteiger partial charge in [-0.25, -0.2) is 0 Å². The first kappa shape index (κ1) is 29.5. The second kappa shape index (κ2) is 13.6. The highest BCUT2D eigenvalue weighted by molar-refractivity contribution is 6.35. The van der Waals surface area contributed by atoms with Crippen LogP contribution in [-0.4, -0.2) is 70.9 Å². The molecular weight excluding hydrogens is 545 g/mol. The maximum Gasteiger partial charge on any atom is 0.258 e. The molecule has 2 aromatic carbocycles. The van der Waals surface area contributed by atoms with E-state index in [9.17, 15) is 9.59 Å². The molecule has 0 saturated carbocycles. The quantitative estimate of drug-likeness (QED) is 0.334. The van der Waals surface area contributed by atoms with Crippen LogP contribution < -0.4 is 4.90 Å². The topological polar surface area (TPSA) is 72.5 Å². The van der Waals surface area contributed by atoms with Gasteiger partial charge in [-0.3, -0.25) is 24.4 Å². The molecule has 1 N–H and O–H groups in total. The van der Waals surface area contributed by atoms with Crippen molar-refractivity contribution in [3.05, 3.63) is 95.4 Å². The predicted octanol–water partition coefficient (Wildman–Crippen LogP) is 5.09. The molecule has 1 fully saturated rings. The van der Waals surface area contributed by atoms with Gasteiger partial charge in [0.15, 0.2) is 0 Å². The van der Waals surface area contributed by atoms with E-state index in [-0.39, 0.29) is 43.2 Å². The fourth-order valence-corrected chi connectivity index (χ4v) is 4.78. The van der Waals surface area contributed by atoms with Crippen molar-refractivity contribution in [2.75, 3.05) is 44.2 Å². The van der Waals surface area contributed by atoms with Gasteiger partial charge in [-0.15, -0.1) is 24.8 Å². The summed E-state index contributed by atoms with van der Waals surface area (Å²) in [5, 5.41) is 1.47. The van der Waals surface area contributed by atoms with E-state index in [4.69, 9.17) is 11.6 Å². The molecule has 4 aromatic rings. The van der Waals surface area contributed by atoms with E-state index in [2.05, 4.69) is 14.9 Å². The molecule has 0 radical (unpaired) electrons. The zero-order valence-electron chi connectivity index (χ0n) is 20.8. The molecule has 1 saturated heterocycles. The van der Waals surface area contributed by atoms with Crippen LogP contribution >= 0.6 is 36.4 Å². The molecule has 0 atom stereocenters. The number of nitrogens with zero attached hydrogens (tertiary/aromatic N) is 4. The molecule has 1 aliphatic rings. The van der Waals surface area contributed by atoms with E-state index in [0.29, 0.717) is 29.4 Å². The fraction of sp³-hybridized carbons (Fsp3) is 0.250. The molecule has 3 heterocycles. The minimum absolute atomic E-state index is 0. The summed E-state index contributed by atoms with van der Waals surface area (Å²) >= 11 is 6.20. The first-order valence-corrected chi connectivity index (χ1v) is 12.5. The normalized spacial score (nSPS) is 13.4. The molecular formula is C28H30Cl3N5O2. The second-order valence-electron chi connectivity index (χ2n) is 8.95. The number of amides is 2. The average molecular weight is 575 g/mol. The Labute approximate surface area is 239 Å². The number of benzene rings is 2. The van der Waals surface area contributed by atoms with Crippen molar-refractivity contribution in [2.24, 2.45) is 0 Å². The number of carbonyl (C=O) groups is 2. The average Bonchev–Trinajstić information content (AvgIpc) is 3.31. The minimum Gasteiger partial charge on any atom is -0.360 e. The highest BCUT2D eigenvalue weighted by Gasteiger charge is 2.26. The summed E-state index contributed by atoms with van der Waals surface area (Å²) in [4.78, 5) is 39.8. The van der Waals surface area contributed by atoms with Gasteiger partial charge in [-0.1, -0.05) is 35.9 Å². The lowest BCUT2D eigenvalue weighted by Crippen LogP contribution is -2.52. The Hall–Kier alpha value is -3.10. The molecule has 1 aliphatic heterocycles. The number of anilines is 1. The van der Waals surface area contributed by atoms with Gasteiger partial charge in [0.2, 0.25) is 5.91 Å². The van der Waals surface area contributed by atoms with Crippen molar-refractivity contribution in [3.63, 3.8) is 0 Å². The highest BCUT2D eigenvalue weighted by Crippen LogP contribution is 2.25. The summed E-state index contributed by atoms with van der Waals surface area (Å²) in [6.45, 7) is 3.88. The number of halogens is 3. The van der Waals surface area contributed by atoms with Crippen LogP contribution in [0.1, 0.15) is 15.9 Å². The number of H-pyrrole nitrogens is 1. The standard InChI is InChI=1S/C28H28ClN5O2.2ClH/c29-25-19-31-26-18-22(6-7-24(25)26)28(36)34(23-4-2-1-3-5-23)20-27(35)33-16-14-32(15-17-33)13-10-21-8-11-30-12-9-21;;/h1-9,11-12,18-19,31H,10,13-17,20H2;2*1H. The molecule has 7 nitrogen and oxygen atoms in total. The monoisotopic (exact) mass is 573 g/mol. The van der Waals surface area contributed by atoms with Gasteiger partial charge in [0.05, 0.1) is 5.02 Å². The van der Waals surface area contributed by atoms with Crippen molar-refractivity contribution in [1.29, 1.82) is 0 Å². The highest BCUT2D eigenvalue weighted by atomic mass is 35.5. The molecule has 0 spiro atoms. The number of rotatable bonds is 7. The van der Waals surface area contributed by atoms with Crippen molar-refractivity contribution in [2.45, 2.75) is 6.42 Å². The maximum atomic E-state index is 13.6. The lowest BCUT2D eigenvalue weighted by molar-refractivity contribution is -0.131. The van der Waals surface area contributed by atoms with Gasteiger partial charge in [0, 0.05) is 73.5 Å². The molecule has 200 valence electrons. The fourth-order valence-electron chi connectivity index (χ4n) is 4.56. The molecule has 0 unspecified atom stereocenters. The number of piperazine rings is 1. The Balaban J connectivity index is 0.00000200. The van der Waals surface area contributed by atoms with Crippen LogP contribution in [0.3, 0.4) is 0 Å². The number of aromatic nitrogens is 2. The van der Waals surface area contributed by atoms with Gasteiger partial charge in [-0.05, 0) is 48.4 Å². The van der Waals surface area contributed by atoms with Crippen LogP contribution in [0.5, 0.6) is 0 Å². The van der Waals surface area contributed by atoms with Gasteiger partial charge in [0.1, 0.15) is 6.54 Å². The summed E-state index contributed by atoms with van der Waals surface area (Å²) in [5.41, 5.74) is 3.24. The number of hydrogen-bond acceptors (Lipinski definition) is 4. The molecule has 38 heavy (non-hydrogen) atoms. The first-order chi connectivity index (χ1) is 17.6. The number of pyridine rings is 1. The summed E-state index contributed by atoms with van der Waals surface area (Å²) in [7, 11) is 0. The zero-order valence-corrected chi connectivity index (χ0v) is 23.1. The predicted molar refractivity (Wildman–Crippen MR) is 157 cm³/mol. The number of para-hydroxylation sites is 1. The van der Waals surface area contributed by atoms with Crippen molar-refractivity contribution < 1.29 is 9.59 Å². The first-order valence-electron chi connectivity index (χ1n) is 12.1. The van der Waals surface area contributed by atoms with E-state index in [0.717, 1.165) is 37.0 Å². The minimum atomic E-state index is -0.224. The van der Waals surface area contributed by atoms with Gasteiger partial charge < -0.3 is 9.88 Å². The third-order valence-corrected chi connectivity index (χ3v) is 6.99. The Morgan fingerprint density at radius 3 is 2.37 bits per heavy atom. The van der Waals surface area contributed by atoms with Crippen molar-refractivity contribution >= 4 is 64.8 Å². The number of carbonyl (C=O) groups excluding carboxylic acids is 2. The number of nitrogens with one attached hydrogen (secondary N) is 1. The van der Waals surface area contributed by atoms with Crippen LogP contribution in [0.4, 0.5) is 5.69 Å². The van der Waals surface area contributed by atoms with E-state index in [1.807, 2.05) is 65.8 Å². The van der Waals surface area contributed by atoms with Crippen LogP contribution in [0, 0.1) is 0 Å². The van der Waals surface area contributed by atoms with E-state index >= 15 is 0 Å². The summed E-state index contributed by atoms with van der Waals surface area (Å²) in [6.07, 6.45) is 6.30. The summed E-state index contributed by atoms with van der Waals surface area (Å²) < 4.78 is 0. The lowest BCUT2D eigenvalue weighted by Gasteiger charge is -2.36. The van der Waals surface area contributed by atoms with Crippen LogP contribution in [0.15, 0.2) is 79.3 Å². The summed E-state index contributed by atoms with van der Waals surface area (Å²) in [6, 6.07) is 18.8. The Kier molecular flexibility index (Phi) is 10.6. The molecule has 2 aromatic heterocycles. The molecule has 2 amide bonds. The molecule has 0 aliphatic carbocycles. The molecule has 0 bridgehead atoms. The Bertz CT molecular complexity index is 1340. The maximum absolute atomic E-state index is 13.6. The SMILES string of the molecule is Cl.Cl.O=C(CN(C(=O)c1ccc2c(Cl)c[nH]c2c1)c1ccccc1)N1CCN(CCc2ccncc2)CC1. The van der Waals surface area contributed by atoms with Crippen LogP contribution in [0.25, 0.3) is 10.9 Å². The lowest BCUT2D eigenvalue weighted by atomic mass is 10.1. The largest absolute Gasteiger partial charge is 0.360 e. The van der Waals surface area contributed by atoms with Crippen LogP contribution in [-0.2, 0) is 11.2 Å². The summed E-state index contributed by atoms with van der Waals surface area (Å²) in [5.74, 6) is -0.275. The molecule has 10 heteroatoms. The zero-order chi connectivity index (χ0) is 24.9. The van der Waals surface area contributed by atoms with Gasteiger partial charge in [-0.2, -0.15) is 0 Å². The van der Waals surface area contributed by atoms with Crippen LogP contribution in [0.2, 0.25) is 5.02 Å².